The van der Waals surface area contributed by atoms with Crippen LogP contribution in [0.15, 0.2) is 0 Å². The molecule has 2 aliphatic rings. The van der Waals surface area contributed by atoms with Gasteiger partial charge >= 0.3 is 0 Å². The minimum absolute atomic E-state index is 0.0530. The molecule has 1 unspecified atom stereocenters. The molecule has 0 aromatic heterocycles. The van der Waals surface area contributed by atoms with Crippen LogP contribution in [0, 0.1) is 5.92 Å². The van der Waals surface area contributed by atoms with E-state index in [9.17, 15) is 9.90 Å². The summed E-state index contributed by atoms with van der Waals surface area (Å²) in [4.78, 5) is 11.1. The molecular formula is C7H10O4. The van der Waals surface area contributed by atoms with Gasteiger partial charge in [-0.1, -0.05) is 0 Å². The van der Waals surface area contributed by atoms with E-state index in [1.54, 1.807) is 0 Å². The summed E-state index contributed by atoms with van der Waals surface area (Å²) in [6, 6.07) is 0. The Balaban J connectivity index is 2.08. The number of ketones is 1. The Kier molecular flexibility index (Phi) is 1.49. The number of aliphatic hydroxyl groups is 2. The molecule has 2 N–H and O–H groups in total. The normalized spacial score (nSPS) is 48.7. The third-order valence-corrected chi connectivity index (χ3v) is 2.33. The van der Waals surface area contributed by atoms with Gasteiger partial charge in [0.2, 0.25) is 0 Å². The number of epoxide rings is 1. The van der Waals surface area contributed by atoms with Gasteiger partial charge in [-0.05, 0) is 6.42 Å². The SMILES string of the molecule is O=C1C(CO)C[C@H](O)[C@@H]2O[C@H]12. The van der Waals surface area contributed by atoms with E-state index in [-0.39, 0.29) is 18.5 Å². The Labute approximate surface area is 63.8 Å². The van der Waals surface area contributed by atoms with Crippen molar-refractivity contribution in [3.05, 3.63) is 0 Å². The van der Waals surface area contributed by atoms with Gasteiger partial charge in [-0.15, -0.1) is 0 Å². The molecule has 4 heteroatoms. The highest BCUT2D eigenvalue weighted by Gasteiger charge is 2.55. The number of rotatable bonds is 1. The maximum Gasteiger partial charge on any atom is 0.169 e. The molecule has 0 bridgehead atoms. The molecule has 2 fully saturated rings. The Morgan fingerprint density at radius 1 is 1.64 bits per heavy atom. The van der Waals surface area contributed by atoms with Crippen molar-refractivity contribution in [2.24, 2.45) is 5.92 Å². The van der Waals surface area contributed by atoms with Crippen LogP contribution < -0.4 is 0 Å². The largest absolute Gasteiger partial charge is 0.396 e. The van der Waals surface area contributed by atoms with Crippen LogP contribution in [0.25, 0.3) is 0 Å². The first-order valence-electron chi connectivity index (χ1n) is 3.72. The molecule has 1 heterocycles. The number of carbonyl (C=O) groups excluding carboxylic acids is 1. The van der Waals surface area contributed by atoms with Crippen LogP contribution in [0.4, 0.5) is 0 Å². The van der Waals surface area contributed by atoms with Gasteiger partial charge in [-0.25, -0.2) is 0 Å². The molecule has 0 aromatic carbocycles. The monoisotopic (exact) mass is 158 g/mol. The lowest BCUT2D eigenvalue weighted by Gasteiger charge is -2.18. The summed E-state index contributed by atoms with van der Waals surface area (Å²) < 4.78 is 4.92. The minimum Gasteiger partial charge on any atom is -0.396 e. The third kappa shape index (κ3) is 0.982. The molecule has 0 amide bonds. The maximum absolute atomic E-state index is 11.1. The number of ether oxygens (including phenoxy) is 1. The van der Waals surface area contributed by atoms with Crippen LogP contribution >= 0.6 is 0 Å². The average molecular weight is 158 g/mol. The third-order valence-electron chi connectivity index (χ3n) is 2.33. The van der Waals surface area contributed by atoms with Crippen molar-refractivity contribution in [1.29, 1.82) is 0 Å². The molecule has 1 aliphatic carbocycles. The van der Waals surface area contributed by atoms with Crippen LogP contribution in [-0.2, 0) is 9.53 Å². The lowest BCUT2D eigenvalue weighted by molar-refractivity contribution is -0.127. The van der Waals surface area contributed by atoms with Gasteiger partial charge < -0.3 is 14.9 Å². The molecule has 1 saturated carbocycles. The van der Waals surface area contributed by atoms with Crippen molar-refractivity contribution in [1.82, 2.24) is 0 Å². The molecule has 0 spiro atoms. The summed E-state index contributed by atoms with van der Waals surface area (Å²) >= 11 is 0. The average Bonchev–Trinajstić information content (AvgIpc) is 2.75. The Hall–Kier alpha value is -0.450. The van der Waals surface area contributed by atoms with Crippen molar-refractivity contribution in [3.63, 3.8) is 0 Å². The first-order chi connectivity index (χ1) is 5.24. The second-order valence-corrected chi connectivity index (χ2v) is 3.11. The zero-order chi connectivity index (χ0) is 8.01. The van der Waals surface area contributed by atoms with Gasteiger partial charge in [0.05, 0.1) is 12.7 Å². The lowest BCUT2D eigenvalue weighted by Crippen LogP contribution is -2.37. The van der Waals surface area contributed by atoms with Crippen LogP contribution in [0.3, 0.4) is 0 Å². The highest BCUT2D eigenvalue weighted by Crippen LogP contribution is 2.36. The van der Waals surface area contributed by atoms with E-state index in [4.69, 9.17) is 9.84 Å². The molecule has 11 heavy (non-hydrogen) atoms. The maximum atomic E-state index is 11.1. The van der Waals surface area contributed by atoms with E-state index in [1.165, 1.54) is 0 Å². The minimum atomic E-state index is -0.560. The second-order valence-electron chi connectivity index (χ2n) is 3.11. The topological polar surface area (TPSA) is 70.1 Å². The van der Waals surface area contributed by atoms with Crippen LogP contribution in [0.1, 0.15) is 6.42 Å². The van der Waals surface area contributed by atoms with Crippen LogP contribution in [0.5, 0.6) is 0 Å². The fourth-order valence-electron chi connectivity index (χ4n) is 1.58. The molecule has 4 nitrogen and oxygen atoms in total. The molecule has 0 aromatic rings. The summed E-state index contributed by atoms with van der Waals surface area (Å²) in [7, 11) is 0. The highest BCUT2D eigenvalue weighted by atomic mass is 16.6. The standard InChI is InChI=1S/C7H10O4/c8-2-3-1-4(9)6-7(11-6)5(3)10/h3-4,6-9H,1-2H2/t3?,4-,6-,7+/m0/s1. The number of Topliss-reactive ketones (excluding diaryl/α,β-unsaturated/α-hetero) is 1. The molecule has 4 atom stereocenters. The fraction of sp³-hybridized carbons (Fsp3) is 0.857. The second kappa shape index (κ2) is 2.27. The Bertz CT molecular complexity index is 191. The zero-order valence-corrected chi connectivity index (χ0v) is 5.93. The van der Waals surface area contributed by atoms with E-state index in [0.29, 0.717) is 6.42 Å². The smallest absolute Gasteiger partial charge is 0.169 e. The number of aliphatic hydroxyl groups excluding tert-OH is 2. The van der Waals surface area contributed by atoms with Crippen LogP contribution in [0.2, 0.25) is 0 Å². The number of hydrogen-bond donors (Lipinski definition) is 2. The number of carbonyl (C=O) groups is 1. The summed E-state index contributed by atoms with van der Waals surface area (Å²) in [6.45, 7) is -0.178. The first-order valence-corrected chi connectivity index (χ1v) is 3.72. The van der Waals surface area contributed by atoms with Gasteiger partial charge in [-0.2, -0.15) is 0 Å². The van der Waals surface area contributed by atoms with Crippen molar-refractivity contribution in [3.8, 4) is 0 Å². The van der Waals surface area contributed by atoms with E-state index < -0.39 is 18.1 Å². The molecule has 62 valence electrons. The fourth-order valence-corrected chi connectivity index (χ4v) is 1.58. The zero-order valence-electron chi connectivity index (χ0n) is 5.93. The Morgan fingerprint density at radius 3 is 3.00 bits per heavy atom. The van der Waals surface area contributed by atoms with E-state index in [1.807, 2.05) is 0 Å². The summed E-state index contributed by atoms with van der Waals surface area (Å²) in [5.41, 5.74) is 0. The molecule has 2 rings (SSSR count). The van der Waals surface area contributed by atoms with Gasteiger partial charge in [0.1, 0.15) is 12.2 Å². The first kappa shape index (κ1) is 7.21. The van der Waals surface area contributed by atoms with E-state index >= 15 is 0 Å². The summed E-state index contributed by atoms with van der Waals surface area (Å²) in [5.74, 6) is -0.462. The van der Waals surface area contributed by atoms with Crippen molar-refractivity contribution < 1.29 is 19.7 Å². The van der Waals surface area contributed by atoms with Crippen molar-refractivity contribution in [2.45, 2.75) is 24.7 Å². The highest BCUT2D eigenvalue weighted by molar-refractivity contribution is 5.89. The quantitative estimate of drug-likeness (QED) is 0.465. The van der Waals surface area contributed by atoms with E-state index in [0.717, 1.165) is 0 Å². The van der Waals surface area contributed by atoms with Gasteiger partial charge in [0.25, 0.3) is 0 Å². The summed E-state index contributed by atoms with van der Waals surface area (Å²) in [5, 5.41) is 18.0. The molecule has 1 saturated heterocycles. The molecule has 0 radical (unpaired) electrons. The summed E-state index contributed by atoms with van der Waals surface area (Å²) in [6.07, 6.45) is -0.910. The predicted molar refractivity (Wildman–Crippen MR) is 34.9 cm³/mol. The van der Waals surface area contributed by atoms with Gasteiger partial charge in [-0.3, -0.25) is 4.79 Å². The van der Waals surface area contributed by atoms with Crippen LogP contribution in [-0.4, -0.2) is 40.9 Å². The van der Waals surface area contributed by atoms with Gasteiger partial charge in [0, 0.05) is 5.92 Å². The van der Waals surface area contributed by atoms with Gasteiger partial charge in [0.15, 0.2) is 5.78 Å². The lowest BCUT2D eigenvalue weighted by atomic mass is 9.87. The number of fused-ring (bicyclic) bond motifs is 1. The predicted octanol–water partition coefficient (Wildman–Crippen LogP) is -1.30. The van der Waals surface area contributed by atoms with Crippen molar-refractivity contribution in [2.75, 3.05) is 6.61 Å². The molecular weight excluding hydrogens is 148 g/mol. The van der Waals surface area contributed by atoms with Crippen molar-refractivity contribution >= 4 is 5.78 Å². The molecule has 1 aliphatic heterocycles. The van der Waals surface area contributed by atoms with E-state index in [2.05, 4.69) is 0 Å². The number of hydrogen-bond acceptors (Lipinski definition) is 4. The Morgan fingerprint density at radius 2 is 2.36 bits per heavy atom.